The summed E-state index contributed by atoms with van der Waals surface area (Å²) in [5.74, 6) is 0.0178. The first-order valence-corrected chi connectivity index (χ1v) is 4.93. The summed E-state index contributed by atoms with van der Waals surface area (Å²) in [7, 11) is 0. The predicted molar refractivity (Wildman–Crippen MR) is 58.1 cm³/mol. The number of ketones is 1. The molecule has 0 radical (unpaired) electrons. The van der Waals surface area contributed by atoms with E-state index in [9.17, 15) is 4.79 Å². The van der Waals surface area contributed by atoms with Crippen LogP contribution >= 0.6 is 15.9 Å². The number of aryl methyl sites for hydroxylation is 1. The Morgan fingerprint density at radius 3 is 2.46 bits per heavy atom. The molecule has 13 heavy (non-hydrogen) atoms. The van der Waals surface area contributed by atoms with Gasteiger partial charge in [-0.2, -0.15) is 0 Å². The average molecular weight is 243 g/mol. The SMILES string of the molecule is Cc1cc(N)c(N)cc1C(=O)CBr. The monoisotopic (exact) mass is 242 g/mol. The van der Waals surface area contributed by atoms with Crippen molar-refractivity contribution in [2.45, 2.75) is 6.92 Å². The zero-order valence-corrected chi connectivity index (χ0v) is 8.89. The molecule has 0 aliphatic carbocycles. The lowest BCUT2D eigenvalue weighted by Crippen LogP contribution is -2.05. The summed E-state index contributed by atoms with van der Waals surface area (Å²) in [6.07, 6.45) is 0. The molecule has 0 aliphatic rings. The van der Waals surface area contributed by atoms with E-state index in [1.807, 2.05) is 6.92 Å². The number of carbonyl (C=O) groups is 1. The van der Waals surface area contributed by atoms with Crippen molar-refractivity contribution >= 4 is 33.1 Å². The molecule has 0 bridgehead atoms. The highest BCUT2D eigenvalue weighted by Gasteiger charge is 2.09. The van der Waals surface area contributed by atoms with Crippen molar-refractivity contribution < 1.29 is 4.79 Å². The van der Waals surface area contributed by atoms with Crippen LogP contribution in [0, 0.1) is 6.92 Å². The highest BCUT2D eigenvalue weighted by Crippen LogP contribution is 2.21. The van der Waals surface area contributed by atoms with Crippen molar-refractivity contribution in [2.24, 2.45) is 0 Å². The maximum atomic E-state index is 11.4. The Balaban J connectivity index is 3.23. The molecule has 3 nitrogen and oxygen atoms in total. The van der Waals surface area contributed by atoms with Crippen molar-refractivity contribution in [3.8, 4) is 0 Å². The molecule has 0 amide bonds. The smallest absolute Gasteiger partial charge is 0.173 e. The van der Waals surface area contributed by atoms with Crippen LogP contribution in [-0.4, -0.2) is 11.1 Å². The Bertz CT molecular complexity index is 350. The molecule has 4 N–H and O–H groups in total. The van der Waals surface area contributed by atoms with E-state index < -0.39 is 0 Å². The van der Waals surface area contributed by atoms with E-state index in [1.54, 1.807) is 12.1 Å². The second kappa shape index (κ2) is 3.79. The Morgan fingerprint density at radius 1 is 1.38 bits per heavy atom. The van der Waals surface area contributed by atoms with Gasteiger partial charge in [0.25, 0.3) is 0 Å². The van der Waals surface area contributed by atoms with Gasteiger partial charge in [0, 0.05) is 5.56 Å². The molecule has 0 spiro atoms. The molecule has 0 fully saturated rings. The van der Waals surface area contributed by atoms with Crippen LogP contribution in [0.25, 0.3) is 0 Å². The summed E-state index contributed by atoms with van der Waals surface area (Å²) >= 11 is 3.11. The van der Waals surface area contributed by atoms with Gasteiger partial charge in [-0.05, 0) is 24.6 Å². The molecular formula is C9H11BrN2O. The number of alkyl halides is 1. The number of benzene rings is 1. The zero-order valence-electron chi connectivity index (χ0n) is 7.30. The van der Waals surface area contributed by atoms with Gasteiger partial charge in [0.05, 0.1) is 16.7 Å². The summed E-state index contributed by atoms with van der Waals surface area (Å²) in [6.45, 7) is 1.84. The van der Waals surface area contributed by atoms with Gasteiger partial charge in [-0.1, -0.05) is 15.9 Å². The van der Waals surface area contributed by atoms with Gasteiger partial charge in [-0.25, -0.2) is 0 Å². The third kappa shape index (κ3) is 2.01. The fraction of sp³-hybridized carbons (Fsp3) is 0.222. The topological polar surface area (TPSA) is 69.1 Å². The van der Waals surface area contributed by atoms with Crippen LogP contribution in [0.1, 0.15) is 15.9 Å². The van der Waals surface area contributed by atoms with Crippen molar-refractivity contribution in [2.75, 3.05) is 16.8 Å². The lowest BCUT2D eigenvalue weighted by Gasteiger charge is -2.06. The Morgan fingerprint density at radius 2 is 1.92 bits per heavy atom. The molecule has 70 valence electrons. The number of Topliss-reactive ketones (excluding diaryl/α,β-unsaturated/α-hetero) is 1. The third-order valence-corrected chi connectivity index (χ3v) is 2.36. The predicted octanol–water partition coefficient (Wildman–Crippen LogP) is 1.74. The minimum atomic E-state index is 0.0178. The van der Waals surface area contributed by atoms with E-state index in [4.69, 9.17) is 11.5 Å². The highest BCUT2D eigenvalue weighted by molar-refractivity contribution is 9.09. The largest absolute Gasteiger partial charge is 0.397 e. The molecule has 1 rings (SSSR count). The normalized spacial score (nSPS) is 10.0. The van der Waals surface area contributed by atoms with Crippen LogP contribution in [0.5, 0.6) is 0 Å². The fourth-order valence-electron chi connectivity index (χ4n) is 1.12. The summed E-state index contributed by atoms with van der Waals surface area (Å²) in [6, 6.07) is 3.33. The second-order valence-electron chi connectivity index (χ2n) is 2.85. The minimum Gasteiger partial charge on any atom is -0.397 e. The lowest BCUT2D eigenvalue weighted by atomic mass is 10.0. The number of nitrogen functional groups attached to an aromatic ring is 2. The molecule has 0 saturated carbocycles. The first-order valence-electron chi connectivity index (χ1n) is 3.81. The minimum absolute atomic E-state index is 0.0178. The van der Waals surface area contributed by atoms with Gasteiger partial charge in [0.2, 0.25) is 0 Å². The van der Waals surface area contributed by atoms with E-state index in [1.165, 1.54) is 0 Å². The second-order valence-corrected chi connectivity index (χ2v) is 3.41. The van der Waals surface area contributed by atoms with Crippen molar-refractivity contribution in [3.63, 3.8) is 0 Å². The number of halogens is 1. The molecule has 0 saturated heterocycles. The third-order valence-electron chi connectivity index (χ3n) is 1.85. The van der Waals surface area contributed by atoms with Crippen LogP contribution in [-0.2, 0) is 0 Å². The summed E-state index contributed by atoms with van der Waals surface area (Å²) < 4.78 is 0. The number of rotatable bonds is 2. The maximum absolute atomic E-state index is 11.4. The van der Waals surface area contributed by atoms with E-state index >= 15 is 0 Å². The van der Waals surface area contributed by atoms with Gasteiger partial charge >= 0.3 is 0 Å². The van der Waals surface area contributed by atoms with Crippen LogP contribution in [0.2, 0.25) is 0 Å². The first kappa shape index (κ1) is 10.1. The summed E-state index contributed by atoms with van der Waals surface area (Å²) in [4.78, 5) is 11.4. The van der Waals surface area contributed by atoms with Gasteiger partial charge in [-0.3, -0.25) is 4.79 Å². The molecule has 0 heterocycles. The number of hydrogen-bond donors (Lipinski definition) is 2. The Labute approximate surface area is 85.2 Å². The molecule has 1 aromatic rings. The maximum Gasteiger partial charge on any atom is 0.173 e. The van der Waals surface area contributed by atoms with Crippen molar-refractivity contribution in [3.05, 3.63) is 23.3 Å². The molecule has 0 unspecified atom stereocenters. The molecular weight excluding hydrogens is 232 g/mol. The van der Waals surface area contributed by atoms with Crippen molar-refractivity contribution in [1.82, 2.24) is 0 Å². The van der Waals surface area contributed by atoms with E-state index in [0.717, 1.165) is 5.56 Å². The standard InChI is InChI=1S/C9H11BrN2O/c1-5-2-7(11)8(12)3-6(5)9(13)4-10/h2-3H,4,11-12H2,1H3. The molecule has 0 atom stereocenters. The zero-order chi connectivity index (χ0) is 10.0. The van der Waals surface area contributed by atoms with Crippen molar-refractivity contribution in [1.29, 1.82) is 0 Å². The molecule has 0 aliphatic heterocycles. The van der Waals surface area contributed by atoms with E-state index in [-0.39, 0.29) is 5.78 Å². The summed E-state index contributed by atoms with van der Waals surface area (Å²) in [5.41, 5.74) is 13.6. The first-order chi connectivity index (χ1) is 6.06. The van der Waals surface area contributed by atoms with Crippen LogP contribution in [0.4, 0.5) is 11.4 Å². The number of carbonyl (C=O) groups excluding carboxylic acids is 1. The van der Waals surface area contributed by atoms with Crippen LogP contribution in [0.15, 0.2) is 12.1 Å². The van der Waals surface area contributed by atoms with E-state index in [2.05, 4.69) is 15.9 Å². The van der Waals surface area contributed by atoms with Crippen LogP contribution in [0.3, 0.4) is 0 Å². The molecule has 4 heteroatoms. The number of anilines is 2. The lowest BCUT2D eigenvalue weighted by molar-refractivity contribution is 0.102. The van der Waals surface area contributed by atoms with Gasteiger partial charge in [0.1, 0.15) is 0 Å². The van der Waals surface area contributed by atoms with Gasteiger partial charge in [0.15, 0.2) is 5.78 Å². The number of hydrogen-bond acceptors (Lipinski definition) is 3. The van der Waals surface area contributed by atoms with E-state index in [0.29, 0.717) is 22.3 Å². The molecule has 1 aromatic carbocycles. The highest BCUT2D eigenvalue weighted by atomic mass is 79.9. The summed E-state index contributed by atoms with van der Waals surface area (Å²) in [5, 5.41) is 0.303. The van der Waals surface area contributed by atoms with Gasteiger partial charge in [-0.15, -0.1) is 0 Å². The van der Waals surface area contributed by atoms with Crippen LogP contribution < -0.4 is 11.5 Å². The Kier molecular flexibility index (Phi) is 2.93. The average Bonchev–Trinajstić information content (AvgIpc) is 2.10. The fourth-order valence-corrected chi connectivity index (χ4v) is 1.42. The number of nitrogens with two attached hydrogens (primary N) is 2. The molecule has 0 aromatic heterocycles. The Hall–Kier alpha value is -1.03. The quantitative estimate of drug-likeness (QED) is 0.472. The van der Waals surface area contributed by atoms with Gasteiger partial charge < -0.3 is 11.5 Å².